The van der Waals surface area contributed by atoms with Gasteiger partial charge in [0.25, 0.3) is 0 Å². The Morgan fingerprint density at radius 1 is 1.40 bits per heavy atom. The van der Waals surface area contributed by atoms with Gasteiger partial charge in [-0.1, -0.05) is 6.07 Å². The van der Waals surface area contributed by atoms with Crippen LogP contribution in [0.5, 0.6) is 0 Å². The fourth-order valence-corrected chi connectivity index (χ4v) is 1.93. The summed E-state index contributed by atoms with van der Waals surface area (Å²) in [6.45, 7) is 2.00. The minimum atomic E-state index is -3.63. The van der Waals surface area contributed by atoms with Crippen molar-refractivity contribution < 1.29 is 13.5 Å². The van der Waals surface area contributed by atoms with Gasteiger partial charge in [-0.25, -0.2) is 13.6 Å². The Balaban J connectivity index is 3.06. The number of benzene rings is 1. The van der Waals surface area contributed by atoms with Crippen molar-refractivity contribution in [3.8, 4) is 0 Å². The third kappa shape index (κ3) is 3.30. The summed E-state index contributed by atoms with van der Waals surface area (Å²) < 4.78 is 22.2. The molecule has 0 aliphatic heterocycles. The van der Waals surface area contributed by atoms with Crippen LogP contribution in [0.1, 0.15) is 17.5 Å². The van der Waals surface area contributed by atoms with Crippen LogP contribution >= 0.6 is 0 Å². The summed E-state index contributed by atoms with van der Waals surface area (Å²) in [6, 6.07) is 4.79. The van der Waals surface area contributed by atoms with Crippen LogP contribution in [0.25, 0.3) is 0 Å². The highest BCUT2D eigenvalue weighted by Gasteiger charge is 2.09. The maximum absolute atomic E-state index is 11.1. The van der Waals surface area contributed by atoms with Gasteiger partial charge < -0.3 is 5.11 Å². The molecule has 0 saturated carbocycles. The highest BCUT2D eigenvalue weighted by Crippen LogP contribution is 2.15. The number of aliphatic hydroxyl groups excluding tert-OH is 1. The fourth-order valence-electron chi connectivity index (χ4n) is 1.36. The summed E-state index contributed by atoms with van der Waals surface area (Å²) in [5.74, 6) is 0. The van der Waals surface area contributed by atoms with E-state index in [0.717, 1.165) is 11.1 Å². The van der Waals surface area contributed by atoms with Crippen LogP contribution in [0.3, 0.4) is 0 Å². The Bertz CT molecular complexity index is 440. The molecule has 0 aliphatic rings. The fraction of sp³-hybridized carbons (Fsp3) is 0.400. The van der Waals surface area contributed by atoms with E-state index in [1.165, 1.54) is 6.07 Å². The number of aliphatic hydroxyl groups is 1. The molecular weight excluding hydrogens is 214 g/mol. The van der Waals surface area contributed by atoms with Gasteiger partial charge in [0.2, 0.25) is 10.0 Å². The summed E-state index contributed by atoms with van der Waals surface area (Å²) >= 11 is 0. The van der Waals surface area contributed by atoms with Crippen molar-refractivity contribution in [1.82, 2.24) is 0 Å². The van der Waals surface area contributed by atoms with Gasteiger partial charge in [0, 0.05) is 6.61 Å². The van der Waals surface area contributed by atoms with E-state index < -0.39 is 10.0 Å². The van der Waals surface area contributed by atoms with Gasteiger partial charge in [0.05, 0.1) is 4.90 Å². The van der Waals surface area contributed by atoms with Gasteiger partial charge in [-0.05, 0) is 43.0 Å². The average Bonchev–Trinajstić information content (AvgIpc) is 2.15. The van der Waals surface area contributed by atoms with E-state index in [-0.39, 0.29) is 11.5 Å². The highest BCUT2D eigenvalue weighted by molar-refractivity contribution is 7.89. The van der Waals surface area contributed by atoms with Gasteiger partial charge >= 0.3 is 0 Å². The molecule has 0 spiro atoms. The number of aryl methyl sites for hydroxylation is 2. The first kappa shape index (κ1) is 12.2. The molecule has 4 nitrogen and oxygen atoms in total. The maximum atomic E-state index is 11.1. The molecule has 5 heteroatoms. The number of primary sulfonamides is 1. The third-order valence-corrected chi connectivity index (χ3v) is 3.16. The smallest absolute Gasteiger partial charge is 0.238 e. The molecule has 0 aromatic heterocycles. The lowest BCUT2D eigenvalue weighted by atomic mass is 10.0. The van der Waals surface area contributed by atoms with E-state index in [4.69, 9.17) is 10.2 Å². The molecule has 1 aromatic carbocycles. The van der Waals surface area contributed by atoms with Crippen LogP contribution in [-0.2, 0) is 16.4 Å². The molecular formula is C10H15NO3S. The van der Waals surface area contributed by atoms with E-state index >= 15 is 0 Å². The molecule has 0 unspecified atom stereocenters. The predicted octanol–water partition coefficient (Wildman–Crippen LogP) is 0.567. The lowest BCUT2D eigenvalue weighted by molar-refractivity contribution is 0.288. The summed E-state index contributed by atoms with van der Waals surface area (Å²) in [7, 11) is -3.63. The number of hydrogen-bond acceptors (Lipinski definition) is 3. The number of rotatable bonds is 4. The van der Waals surface area contributed by atoms with Crippen molar-refractivity contribution in [2.24, 2.45) is 5.14 Å². The zero-order valence-corrected chi connectivity index (χ0v) is 9.42. The second kappa shape index (κ2) is 4.74. The summed E-state index contributed by atoms with van der Waals surface area (Å²) in [5, 5.41) is 13.7. The minimum Gasteiger partial charge on any atom is -0.396 e. The Hall–Kier alpha value is -0.910. The van der Waals surface area contributed by atoms with Crippen molar-refractivity contribution in [3.63, 3.8) is 0 Å². The van der Waals surface area contributed by atoms with Gasteiger partial charge in [0.1, 0.15) is 0 Å². The molecule has 15 heavy (non-hydrogen) atoms. The second-order valence-corrected chi connectivity index (χ2v) is 5.02. The van der Waals surface area contributed by atoms with E-state index in [1.54, 1.807) is 12.1 Å². The number of nitrogens with two attached hydrogens (primary N) is 1. The molecule has 0 amide bonds. The van der Waals surface area contributed by atoms with Gasteiger partial charge in [-0.15, -0.1) is 0 Å². The van der Waals surface area contributed by atoms with E-state index in [2.05, 4.69) is 0 Å². The van der Waals surface area contributed by atoms with Crippen molar-refractivity contribution in [2.45, 2.75) is 24.7 Å². The van der Waals surface area contributed by atoms with Gasteiger partial charge in [-0.2, -0.15) is 0 Å². The number of sulfonamides is 1. The van der Waals surface area contributed by atoms with Crippen LogP contribution < -0.4 is 5.14 Å². The first-order valence-electron chi connectivity index (χ1n) is 4.68. The lowest BCUT2D eigenvalue weighted by Crippen LogP contribution is -2.12. The summed E-state index contributed by atoms with van der Waals surface area (Å²) in [5.41, 5.74) is 1.92. The summed E-state index contributed by atoms with van der Waals surface area (Å²) in [6.07, 6.45) is 1.28. The first-order valence-corrected chi connectivity index (χ1v) is 6.23. The lowest BCUT2D eigenvalue weighted by Gasteiger charge is -2.06. The van der Waals surface area contributed by atoms with E-state index in [0.29, 0.717) is 12.8 Å². The SMILES string of the molecule is Cc1ccc(S(N)(=O)=O)cc1CCCO. The van der Waals surface area contributed by atoms with Crippen molar-refractivity contribution in [3.05, 3.63) is 29.3 Å². The molecule has 1 aromatic rings. The molecule has 3 N–H and O–H groups in total. The van der Waals surface area contributed by atoms with Gasteiger partial charge in [-0.3, -0.25) is 0 Å². The Morgan fingerprint density at radius 2 is 2.07 bits per heavy atom. The summed E-state index contributed by atoms with van der Waals surface area (Å²) in [4.78, 5) is 0.126. The highest BCUT2D eigenvalue weighted by atomic mass is 32.2. The maximum Gasteiger partial charge on any atom is 0.238 e. The molecule has 0 radical (unpaired) electrons. The van der Waals surface area contributed by atoms with E-state index in [9.17, 15) is 8.42 Å². The topological polar surface area (TPSA) is 80.4 Å². The second-order valence-electron chi connectivity index (χ2n) is 3.46. The normalized spacial score (nSPS) is 11.7. The minimum absolute atomic E-state index is 0.0963. The predicted molar refractivity (Wildman–Crippen MR) is 58.0 cm³/mol. The molecule has 0 fully saturated rings. The largest absolute Gasteiger partial charge is 0.396 e. The standard InChI is InChI=1S/C10H15NO3S/c1-8-4-5-10(15(11,13)14)7-9(8)3-2-6-12/h4-5,7,12H,2-3,6H2,1H3,(H2,11,13,14). The third-order valence-electron chi connectivity index (χ3n) is 2.25. The van der Waals surface area contributed by atoms with Crippen molar-refractivity contribution in [1.29, 1.82) is 0 Å². The molecule has 0 saturated heterocycles. The first-order chi connectivity index (χ1) is 6.95. The molecule has 0 bridgehead atoms. The Kier molecular flexibility index (Phi) is 3.84. The van der Waals surface area contributed by atoms with Crippen LogP contribution in [0.4, 0.5) is 0 Å². The monoisotopic (exact) mass is 229 g/mol. The average molecular weight is 229 g/mol. The zero-order valence-electron chi connectivity index (χ0n) is 8.60. The van der Waals surface area contributed by atoms with Crippen molar-refractivity contribution >= 4 is 10.0 Å². The van der Waals surface area contributed by atoms with Crippen LogP contribution in [0.15, 0.2) is 23.1 Å². The van der Waals surface area contributed by atoms with Crippen molar-refractivity contribution in [2.75, 3.05) is 6.61 Å². The van der Waals surface area contributed by atoms with Crippen LogP contribution in [0.2, 0.25) is 0 Å². The Morgan fingerprint density at radius 3 is 2.60 bits per heavy atom. The van der Waals surface area contributed by atoms with Crippen LogP contribution in [0, 0.1) is 6.92 Å². The molecule has 0 aliphatic carbocycles. The number of hydrogen-bond donors (Lipinski definition) is 2. The quantitative estimate of drug-likeness (QED) is 0.792. The molecule has 84 valence electrons. The van der Waals surface area contributed by atoms with Crippen LogP contribution in [-0.4, -0.2) is 20.1 Å². The molecule has 1 rings (SSSR count). The van der Waals surface area contributed by atoms with E-state index in [1.807, 2.05) is 6.92 Å². The van der Waals surface area contributed by atoms with Gasteiger partial charge in [0.15, 0.2) is 0 Å². The molecule has 0 heterocycles. The molecule has 0 atom stereocenters. The zero-order chi connectivity index (χ0) is 11.5. The Labute approximate surface area is 89.8 Å².